The molecule has 4 atom stereocenters. The van der Waals surface area contributed by atoms with Gasteiger partial charge in [0.25, 0.3) is 0 Å². The summed E-state index contributed by atoms with van der Waals surface area (Å²) in [7, 11) is 0. The van der Waals surface area contributed by atoms with Crippen molar-refractivity contribution in [2.45, 2.75) is 77.8 Å². The quantitative estimate of drug-likeness (QED) is 0.514. The lowest BCUT2D eigenvalue weighted by atomic mass is 10.1. The van der Waals surface area contributed by atoms with Crippen LogP contribution in [0.5, 0.6) is 0 Å². The van der Waals surface area contributed by atoms with Gasteiger partial charge in [-0.2, -0.15) is 0 Å². The molecule has 0 amide bonds. The van der Waals surface area contributed by atoms with Crippen molar-refractivity contribution < 1.29 is 38.4 Å². The molecule has 8 nitrogen and oxygen atoms in total. The average Bonchev–Trinajstić information content (AvgIpc) is 3.19. The van der Waals surface area contributed by atoms with Gasteiger partial charge in [-0.25, -0.2) is 9.59 Å². The topological polar surface area (TPSA) is 101 Å². The third-order valence-corrected chi connectivity index (χ3v) is 4.54. The van der Waals surface area contributed by atoms with Crippen LogP contribution in [0.1, 0.15) is 53.9 Å². The first-order valence-corrected chi connectivity index (χ1v) is 9.34. The predicted molar refractivity (Wildman–Crippen MR) is 101 cm³/mol. The molecule has 0 saturated carbocycles. The standard InChI is InChI=1S/2C10H16O4/c1-5-10(4)12-6-8(14-10)13-9(11)7(2)3;1-4-10(3)13-6-8(14-10)5-7(2)9(11)12/h8H,2,5-6H2,1,3-4H3;8H,2,4-6H2,1,3H3,(H,11,12). The first-order valence-electron chi connectivity index (χ1n) is 9.34. The van der Waals surface area contributed by atoms with E-state index in [9.17, 15) is 9.59 Å². The summed E-state index contributed by atoms with van der Waals surface area (Å²) in [5.74, 6) is -2.60. The normalized spacial score (nSPS) is 31.6. The molecule has 2 heterocycles. The summed E-state index contributed by atoms with van der Waals surface area (Å²) < 4.78 is 26.7. The Hall–Kier alpha value is -1.74. The van der Waals surface area contributed by atoms with E-state index in [4.69, 9.17) is 28.8 Å². The number of carboxylic acid groups (broad SMARTS) is 1. The number of carbonyl (C=O) groups is 2. The summed E-state index contributed by atoms with van der Waals surface area (Å²) in [4.78, 5) is 21.7. The molecule has 160 valence electrons. The molecule has 28 heavy (non-hydrogen) atoms. The number of ether oxygens (including phenoxy) is 5. The highest BCUT2D eigenvalue weighted by molar-refractivity contribution is 5.87. The van der Waals surface area contributed by atoms with E-state index in [1.165, 1.54) is 0 Å². The van der Waals surface area contributed by atoms with Crippen LogP contribution in [0.15, 0.2) is 24.3 Å². The Bertz CT molecular complexity index is 549. The highest BCUT2D eigenvalue weighted by Gasteiger charge is 2.38. The molecule has 0 spiro atoms. The summed E-state index contributed by atoms with van der Waals surface area (Å²) in [6.45, 7) is 16.8. The average molecular weight is 400 g/mol. The molecule has 1 N–H and O–H groups in total. The van der Waals surface area contributed by atoms with Crippen LogP contribution >= 0.6 is 0 Å². The SMILES string of the molecule is C=C(C)C(=O)OC1COC(C)(CC)O1.C=C(CC1COC(C)(CC)O1)C(=O)O. The number of hydrogen-bond donors (Lipinski definition) is 1. The second kappa shape index (κ2) is 10.2. The van der Waals surface area contributed by atoms with Gasteiger partial charge < -0.3 is 28.8 Å². The molecule has 2 fully saturated rings. The zero-order valence-electron chi connectivity index (χ0n) is 17.4. The molecule has 0 aromatic heterocycles. The molecule has 0 aliphatic carbocycles. The molecule has 0 aromatic carbocycles. The van der Waals surface area contributed by atoms with Crippen LogP contribution in [0.4, 0.5) is 0 Å². The Kier molecular flexibility index (Phi) is 8.81. The van der Waals surface area contributed by atoms with Crippen LogP contribution in [-0.2, 0) is 33.3 Å². The molecule has 0 radical (unpaired) electrons. The highest BCUT2D eigenvalue weighted by Crippen LogP contribution is 2.29. The van der Waals surface area contributed by atoms with Crippen molar-refractivity contribution in [2.24, 2.45) is 0 Å². The fourth-order valence-electron chi connectivity index (χ4n) is 2.39. The molecular formula is C20H32O8. The van der Waals surface area contributed by atoms with Crippen molar-refractivity contribution in [2.75, 3.05) is 13.2 Å². The maximum Gasteiger partial charge on any atom is 0.335 e. The maximum atomic E-state index is 11.1. The summed E-state index contributed by atoms with van der Waals surface area (Å²) in [5, 5.41) is 8.63. The Labute approximate surface area is 166 Å². The van der Waals surface area contributed by atoms with Crippen LogP contribution < -0.4 is 0 Å². The second-order valence-corrected chi connectivity index (χ2v) is 7.18. The fraction of sp³-hybridized carbons (Fsp3) is 0.700. The number of aliphatic carboxylic acids is 1. The number of carbonyl (C=O) groups excluding carboxylic acids is 1. The van der Waals surface area contributed by atoms with Gasteiger partial charge in [-0.1, -0.05) is 27.0 Å². The lowest BCUT2D eigenvalue weighted by Crippen LogP contribution is -2.27. The van der Waals surface area contributed by atoms with Crippen molar-refractivity contribution in [3.8, 4) is 0 Å². The smallest absolute Gasteiger partial charge is 0.335 e. The van der Waals surface area contributed by atoms with Gasteiger partial charge in [0.1, 0.15) is 6.61 Å². The van der Waals surface area contributed by atoms with E-state index in [0.29, 0.717) is 25.0 Å². The molecule has 0 bridgehead atoms. The van der Waals surface area contributed by atoms with Crippen molar-refractivity contribution in [1.29, 1.82) is 0 Å². The second-order valence-electron chi connectivity index (χ2n) is 7.18. The van der Waals surface area contributed by atoms with E-state index in [0.717, 1.165) is 6.42 Å². The maximum absolute atomic E-state index is 11.1. The van der Waals surface area contributed by atoms with Gasteiger partial charge >= 0.3 is 11.9 Å². The van der Waals surface area contributed by atoms with Crippen LogP contribution in [-0.4, -0.2) is 54.2 Å². The Morgan fingerprint density at radius 3 is 2.04 bits per heavy atom. The van der Waals surface area contributed by atoms with Gasteiger partial charge in [0.15, 0.2) is 11.6 Å². The van der Waals surface area contributed by atoms with Crippen LogP contribution in [0.25, 0.3) is 0 Å². The van der Waals surface area contributed by atoms with E-state index in [1.807, 2.05) is 27.7 Å². The highest BCUT2D eigenvalue weighted by atomic mass is 16.8. The van der Waals surface area contributed by atoms with E-state index in [2.05, 4.69) is 13.2 Å². The third-order valence-electron chi connectivity index (χ3n) is 4.54. The fourth-order valence-corrected chi connectivity index (χ4v) is 2.39. The summed E-state index contributed by atoms with van der Waals surface area (Å²) in [6, 6.07) is 0. The van der Waals surface area contributed by atoms with E-state index in [-0.39, 0.29) is 18.3 Å². The van der Waals surface area contributed by atoms with Crippen LogP contribution in [0, 0.1) is 0 Å². The van der Waals surface area contributed by atoms with Crippen molar-refractivity contribution in [3.05, 3.63) is 24.3 Å². The lowest BCUT2D eigenvalue weighted by molar-refractivity contribution is -0.203. The Morgan fingerprint density at radius 1 is 1.07 bits per heavy atom. The summed E-state index contributed by atoms with van der Waals surface area (Å²) in [5.41, 5.74) is 0.526. The molecule has 2 aliphatic rings. The molecule has 2 saturated heterocycles. The summed E-state index contributed by atoms with van der Waals surface area (Å²) >= 11 is 0. The first kappa shape index (κ1) is 24.3. The third kappa shape index (κ3) is 7.35. The molecular weight excluding hydrogens is 368 g/mol. The number of carboxylic acids is 1. The molecule has 2 aliphatic heterocycles. The van der Waals surface area contributed by atoms with Crippen molar-refractivity contribution >= 4 is 11.9 Å². The minimum absolute atomic E-state index is 0.166. The van der Waals surface area contributed by atoms with Gasteiger partial charge in [0.2, 0.25) is 6.29 Å². The zero-order chi connectivity index (χ0) is 21.5. The zero-order valence-corrected chi connectivity index (χ0v) is 17.4. The number of esters is 1. The van der Waals surface area contributed by atoms with Crippen LogP contribution in [0.2, 0.25) is 0 Å². The van der Waals surface area contributed by atoms with Gasteiger partial charge in [-0.05, 0) is 33.6 Å². The van der Waals surface area contributed by atoms with E-state index in [1.54, 1.807) is 6.92 Å². The van der Waals surface area contributed by atoms with Gasteiger partial charge in [0, 0.05) is 17.6 Å². The van der Waals surface area contributed by atoms with Gasteiger partial charge in [-0.15, -0.1) is 0 Å². The van der Waals surface area contributed by atoms with Crippen molar-refractivity contribution in [3.63, 3.8) is 0 Å². The minimum Gasteiger partial charge on any atom is -0.478 e. The number of hydrogen-bond acceptors (Lipinski definition) is 7. The Balaban J connectivity index is 0.000000280. The largest absolute Gasteiger partial charge is 0.478 e. The van der Waals surface area contributed by atoms with Gasteiger partial charge in [0.05, 0.1) is 12.7 Å². The molecule has 2 rings (SSSR count). The lowest BCUT2D eigenvalue weighted by Gasteiger charge is -2.20. The first-order chi connectivity index (χ1) is 12.9. The van der Waals surface area contributed by atoms with Crippen LogP contribution in [0.3, 0.4) is 0 Å². The van der Waals surface area contributed by atoms with Gasteiger partial charge in [-0.3, -0.25) is 0 Å². The Morgan fingerprint density at radius 2 is 1.61 bits per heavy atom. The van der Waals surface area contributed by atoms with E-state index >= 15 is 0 Å². The molecule has 4 unspecified atom stereocenters. The minimum atomic E-state index is -0.973. The summed E-state index contributed by atoms with van der Waals surface area (Å²) in [6.07, 6.45) is 1.01. The number of rotatable bonds is 7. The monoisotopic (exact) mass is 400 g/mol. The molecule has 8 heteroatoms. The van der Waals surface area contributed by atoms with E-state index < -0.39 is 29.8 Å². The predicted octanol–water partition coefficient (Wildman–Crippen LogP) is 3.16. The molecule has 0 aromatic rings. The van der Waals surface area contributed by atoms with Crippen molar-refractivity contribution in [1.82, 2.24) is 0 Å².